The Morgan fingerprint density at radius 2 is 1.70 bits per heavy atom. The highest BCUT2D eigenvalue weighted by molar-refractivity contribution is 7.91. The summed E-state index contributed by atoms with van der Waals surface area (Å²) >= 11 is 0.978. The number of sulfonamides is 1. The van der Waals surface area contributed by atoms with Gasteiger partial charge in [-0.25, -0.2) is 13.6 Å². The predicted octanol–water partition coefficient (Wildman–Crippen LogP) is 1.48. The van der Waals surface area contributed by atoms with Gasteiger partial charge in [0.25, 0.3) is 5.91 Å². The van der Waals surface area contributed by atoms with Crippen molar-refractivity contribution in [3.8, 4) is 11.5 Å². The van der Waals surface area contributed by atoms with Crippen molar-refractivity contribution >= 4 is 33.2 Å². The van der Waals surface area contributed by atoms with E-state index < -0.39 is 27.9 Å². The van der Waals surface area contributed by atoms with Gasteiger partial charge in [-0.15, -0.1) is 11.3 Å². The zero-order chi connectivity index (χ0) is 22.5. The molecule has 164 valence electrons. The fourth-order valence-corrected chi connectivity index (χ4v) is 4.31. The van der Waals surface area contributed by atoms with Crippen LogP contribution in [0.15, 0.2) is 34.5 Å². The minimum atomic E-state index is -3.78. The second-order valence-electron chi connectivity index (χ2n) is 6.78. The Morgan fingerprint density at radius 1 is 1.10 bits per heavy atom. The van der Waals surface area contributed by atoms with Crippen LogP contribution in [0.1, 0.15) is 29.1 Å². The average molecular weight is 456 g/mol. The fourth-order valence-electron chi connectivity index (χ4n) is 2.59. The molecule has 0 aliphatic carbocycles. The molecule has 9 nitrogen and oxygen atoms in total. The summed E-state index contributed by atoms with van der Waals surface area (Å²) in [4.78, 5) is 26.0. The van der Waals surface area contributed by atoms with E-state index in [0.29, 0.717) is 21.9 Å². The Bertz CT molecular complexity index is 995. The maximum Gasteiger partial charge on any atom is 0.252 e. The predicted molar refractivity (Wildman–Crippen MR) is 113 cm³/mol. The maximum absolute atomic E-state index is 12.7. The van der Waals surface area contributed by atoms with Crippen LogP contribution >= 0.6 is 11.3 Å². The molecule has 1 heterocycles. The van der Waals surface area contributed by atoms with E-state index in [1.807, 2.05) is 0 Å². The molecule has 30 heavy (non-hydrogen) atoms. The molecular weight excluding hydrogens is 430 g/mol. The van der Waals surface area contributed by atoms with Gasteiger partial charge in [0.05, 0.1) is 20.8 Å². The first-order valence-corrected chi connectivity index (χ1v) is 11.3. The van der Waals surface area contributed by atoms with E-state index in [4.69, 9.17) is 14.6 Å². The van der Waals surface area contributed by atoms with Crippen LogP contribution in [0, 0.1) is 5.92 Å². The van der Waals surface area contributed by atoms with Gasteiger partial charge in [0, 0.05) is 16.5 Å². The lowest BCUT2D eigenvalue weighted by Gasteiger charge is -2.22. The third-order valence-corrected chi connectivity index (χ3v) is 6.73. The number of hydrogen-bond acceptors (Lipinski definition) is 7. The second-order valence-corrected chi connectivity index (χ2v) is 9.74. The number of methoxy groups -OCH3 is 2. The SMILES string of the molecule is COc1cc(OC)cc(C(=O)N[C@H](C(=O)NCc2ccc(S(N)(=O)=O)s2)C(C)C)c1. The molecule has 0 saturated heterocycles. The molecule has 11 heteroatoms. The van der Waals surface area contributed by atoms with Gasteiger partial charge in [-0.2, -0.15) is 0 Å². The number of hydrogen-bond donors (Lipinski definition) is 3. The Labute approximate surface area is 179 Å². The van der Waals surface area contributed by atoms with Crippen molar-refractivity contribution in [3.05, 3.63) is 40.8 Å². The van der Waals surface area contributed by atoms with Crippen LogP contribution in [0.25, 0.3) is 0 Å². The average Bonchev–Trinajstić information content (AvgIpc) is 3.18. The van der Waals surface area contributed by atoms with E-state index in [9.17, 15) is 18.0 Å². The highest BCUT2D eigenvalue weighted by Crippen LogP contribution is 2.23. The van der Waals surface area contributed by atoms with Gasteiger partial charge < -0.3 is 20.1 Å². The molecular formula is C19H25N3O6S2. The smallest absolute Gasteiger partial charge is 0.252 e. The van der Waals surface area contributed by atoms with Crippen molar-refractivity contribution in [1.29, 1.82) is 0 Å². The summed E-state index contributed by atoms with van der Waals surface area (Å²) in [6.07, 6.45) is 0. The molecule has 0 aliphatic rings. The van der Waals surface area contributed by atoms with E-state index in [1.165, 1.54) is 20.3 Å². The zero-order valence-electron chi connectivity index (χ0n) is 17.1. The van der Waals surface area contributed by atoms with Crippen LogP contribution < -0.4 is 25.2 Å². The molecule has 0 aliphatic heterocycles. The first-order valence-electron chi connectivity index (χ1n) is 8.98. The number of rotatable bonds is 9. The standard InChI is InChI=1S/C19H25N3O6S2/c1-11(2)17(19(24)21-10-15-5-6-16(29-15)30(20,25)26)22-18(23)12-7-13(27-3)9-14(8-12)28-4/h5-9,11,17H,10H2,1-4H3,(H,21,24)(H,22,23)(H2,20,25,26)/t17-/m0/s1. The topological polar surface area (TPSA) is 137 Å². The number of ether oxygens (including phenoxy) is 2. The zero-order valence-corrected chi connectivity index (χ0v) is 18.7. The van der Waals surface area contributed by atoms with Crippen molar-refractivity contribution in [2.75, 3.05) is 14.2 Å². The van der Waals surface area contributed by atoms with Crippen molar-refractivity contribution in [2.45, 2.75) is 30.6 Å². The normalized spacial score (nSPS) is 12.3. The van der Waals surface area contributed by atoms with Crippen LogP contribution in [0.3, 0.4) is 0 Å². The fraction of sp³-hybridized carbons (Fsp3) is 0.368. The molecule has 0 bridgehead atoms. The Morgan fingerprint density at radius 3 is 2.17 bits per heavy atom. The van der Waals surface area contributed by atoms with Crippen molar-refractivity contribution in [2.24, 2.45) is 11.1 Å². The summed E-state index contributed by atoms with van der Waals surface area (Å²) in [7, 11) is -0.822. The summed E-state index contributed by atoms with van der Waals surface area (Å²) < 4.78 is 33.1. The molecule has 1 aromatic carbocycles. The van der Waals surface area contributed by atoms with Crippen molar-refractivity contribution < 1.29 is 27.5 Å². The molecule has 0 radical (unpaired) electrons. The first kappa shape index (κ1) is 23.6. The Kier molecular flexibility index (Phi) is 7.82. The number of thiophene rings is 1. The van der Waals surface area contributed by atoms with Gasteiger partial charge in [0.15, 0.2) is 0 Å². The van der Waals surface area contributed by atoms with Crippen LogP contribution in [0.2, 0.25) is 0 Å². The summed E-state index contributed by atoms with van der Waals surface area (Å²) in [5.41, 5.74) is 0.292. The lowest BCUT2D eigenvalue weighted by atomic mass is 10.0. The lowest BCUT2D eigenvalue weighted by molar-refractivity contribution is -0.124. The number of benzene rings is 1. The quantitative estimate of drug-likeness (QED) is 0.524. The molecule has 0 unspecified atom stereocenters. The van der Waals surface area contributed by atoms with Gasteiger partial charge >= 0.3 is 0 Å². The molecule has 2 aromatic rings. The Hall–Kier alpha value is -2.63. The molecule has 0 saturated carbocycles. The van der Waals surface area contributed by atoms with E-state index in [-0.39, 0.29) is 16.7 Å². The van der Waals surface area contributed by atoms with Gasteiger partial charge in [0.1, 0.15) is 21.8 Å². The van der Waals surface area contributed by atoms with Gasteiger partial charge in [0.2, 0.25) is 15.9 Å². The number of nitrogens with one attached hydrogen (secondary N) is 2. The van der Waals surface area contributed by atoms with Crippen molar-refractivity contribution in [3.63, 3.8) is 0 Å². The number of carbonyl (C=O) groups is 2. The monoisotopic (exact) mass is 455 g/mol. The number of amides is 2. The third-order valence-electron chi connectivity index (χ3n) is 4.20. The highest BCUT2D eigenvalue weighted by atomic mass is 32.2. The van der Waals surface area contributed by atoms with E-state index in [1.54, 1.807) is 38.1 Å². The minimum absolute atomic E-state index is 0.0208. The molecule has 4 N–H and O–H groups in total. The first-order chi connectivity index (χ1) is 14.0. The molecule has 1 aromatic heterocycles. The Balaban J connectivity index is 2.09. The number of carbonyl (C=O) groups excluding carboxylic acids is 2. The van der Waals surface area contributed by atoms with Gasteiger partial charge in [-0.05, 0) is 30.2 Å². The van der Waals surface area contributed by atoms with Crippen LogP contribution in [-0.2, 0) is 21.4 Å². The van der Waals surface area contributed by atoms with E-state index in [0.717, 1.165) is 11.3 Å². The molecule has 0 fully saturated rings. The lowest BCUT2D eigenvalue weighted by Crippen LogP contribution is -2.49. The third kappa shape index (κ3) is 6.18. The summed E-state index contributed by atoms with van der Waals surface area (Å²) in [6, 6.07) is 6.91. The largest absolute Gasteiger partial charge is 0.497 e. The van der Waals surface area contributed by atoms with Crippen LogP contribution in [0.4, 0.5) is 0 Å². The van der Waals surface area contributed by atoms with Crippen LogP contribution in [-0.4, -0.2) is 40.5 Å². The molecule has 2 rings (SSSR count). The van der Waals surface area contributed by atoms with Crippen molar-refractivity contribution in [1.82, 2.24) is 10.6 Å². The molecule has 2 amide bonds. The highest BCUT2D eigenvalue weighted by Gasteiger charge is 2.25. The molecule has 1 atom stereocenters. The van der Waals surface area contributed by atoms with Gasteiger partial charge in [-0.3, -0.25) is 9.59 Å². The number of primary sulfonamides is 1. The van der Waals surface area contributed by atoms with E-state index in [2.05, 4.69) is 10.6 Å². The van der Waals surface area contributed by atoms with E-state index >= 15 is 0 Å². The van der Waals surface area contributed by atoms with Gasteiger partial charge in [-0.1, -0.05) is 13.8 Å². The summed E-state index contributed by atoms with van der Waals surface area (Å²) in [5.74, 6) is -0.126. The molecule has 0 spiro atoms. The summed E-state index contributed by atoms with van der Waals surface area (Å²) in [5, 5.41) is 10.5. The summed E-state index contributed by atoms with van der Waals surface area (Å²) in [6.45, 7) is 3.73. The maximum atomic E-state index is 12.7. The minimum Gasteiger partial charge on any atom is -0.497 e. The second kappa shape index (κ2) is 9.92. The van der Waals surface area contributed by atoms with Crippen LogP contribution in [0.5, 0.6) is 11.5 Å². The number of nitrogens with two attached hydrogens (primary N) is 1.